The van der Waals surface area contributed by atoms with Crippen LogP contribution in [0.25, 0.3) is 0 Å². The van der Waals surface area contributed by atoms with Crippen LogP contribution in [0.15, 0.2) is 24.3 Å². The van der Waals surface area contributed by atoms with Crippen molar-refractivity contribution in [3.63, 3.8) is 0 Å². The molecule has 0 aliphatic carbocycles. The summed E-state index contributed by atoms with van der Waals surface area (Å²) in [5.74, 6) is 0.111. The Kier molecular flexibility index (Phi) is 7.76. The number of nitro benzene ring substituents is 1. The Morgan fingerprint density at radius 1 is 1.33 bits per heavy atom. The smallest absolute Gasteiger partial charge is 0.269 e. The normalized spacial score (nSPS) is 18.4. The largest absolute Gasteiger partial charge is 0.317 e. The van der Waals surface area contributed by atoms with Crippen LogP contribution in [0.1, 0.15) is 38.7 Å². The fourth-order valence-electron chi connectivity index (χ4n) is 4.11. The Morgan fingerprint density at radius 2 is 2.00 bits per heavy atom. The fourth-order valence-corrected chi connectivity index (χ4v) is 5.88. The zero-order chi connectivity index (χ0) is 20.0. The molecule has 1 N–H and O–H groups in total. The van der Waals surface area contributed by atoms with E-state index in [1.807, 2.05) is 13.0 Å². The highest BCUT2D eigenvalue weighted by atomic mass is 32.2. The van der Waals surface area contributed by atoms with Crippen LogP contribution in [0, 0.1) is 16.0 Å². The van der Waals surface area contributed by atoms with Crippen LogP contribution in [0.2, 0.25) is 0 Å². The van der Waals surface area contributed by atoms with Crippen molar-refractivity contribution in [2.75, 3.05) is 25.9 Å². The number of nitro groups is 1. The van der Waals surface area contributed by atoms with E-state index < -0.39 is 20.1 Å². The summed E-state index contributed by atoms with van der Waals surface area (Å²) in [7, 11) is -3.25. The Hall–Kier alpha value is -1.51. The van der Waals surface area contributed by atoms with Gasteiger partial charge in [-0.15, -0.1) is 0 Å². The lowest BCUT2D eigenvalue weighted by Crippen LogP contribution is -2.52. The minimum atomic E-state index is -3.25. The minimum Gasteiger partial charge on any atom is -0.317 e. The summed E-state index contributed by atoms with van der Waals surface area (Å²) in [5.41, 5.74) is 0.926. The fraction of sp³-hybridized carbons (Fsp3) is 0.684. The maximum atomic E-state index is 12.7. The summed E-state index contributed by atoms with van der Waals surface area (Å²) in [6.07, 6.45) is 4.47. The first kappa shape index (κ1) is 21.8. The standard InChI is InChI=1S/C19H31N3O4S/c1-4-12-21(19(27(3,25)26)17-8-10-20-11-9-17)15(2)13-16-6-5-7-18(14-16)22(23)24/h5-7,14-15,17,19-20H,4,8-13H2,1-3H3. The van der Waals surface area contributed by atoms with E-state index in [0.717, 1.165) is 37.9 Å². The molecule has 152 valence electrons. The van der Waals surface area contributed by atoms with E-state index in [-0.39, 0.29) is 17.6 Å². The first-order chi connectivity index (χ1) is 12.7. The molecule has 2 rings (SSSR count). The van der Waals surface area contributed by atoms with Crippen molar-refractivity contribution in [3.8, 4) is 0 Å². The monoisotopic (exact) mass is 397 g/mol. The SMILES string of the molecule is CCCN(C(C)Cc1cccc([N+](=O)[O-])c1)C(C1CCNCC1)S(C)(=O)=O. The zero-order valence-corrected chi connectivity index (χ0v) is 17.2. The molecule has 27 heavy (non-hydrogen) atoms. The highest BCUT2D eigenvalue weighted by Gasteiger charge is 2.37. The van der Waals surface area contributed by atoms with E-state index in [4.69, 9.17) is 0 Å². The number of non-ortho nitro benzene ring substituents is 1. The van der Waals surface area contributed by atoms with Crippen LogP contribution in [-0.4, -0.2) is 55.5 Å². The van der Waals surface area contributed by atoms with Crippen molar-refractivity contribution < 1.29 is 13.3 Å². The quantitative estimate of drug-likeness (QED) is 0.509. The minimum absolute atomic E-state index is 0.0263. The molecule has 7 nitrogen and oxygen atoms in total. The van der Waals surface area contributed by atoms with Crippen molar-refractivity contribution in [3.05, 3.63) is 39.9 Å². The molecule has 1 saturated heterocycles. The second kappa shape index (κ2) is 9.61. The van der Waals surface area contributed by atoms with Crippen molar-refractivity contribution >= 4 is 15.5 Å². The third-order valence-electron chi connectivity index (χ3n) is 5.25. The van der Waals surface area contributed by atoms with Gasteiger partial charge in [-0.3, -0.25) is 15.0 Å². The second-order valence-corrected chi connectivity index (χ2v) is 9.67. The molecule has 0 saturated carbocycles. The summed E-state index contributed by atoms with van der Waals surface area (Å²) < 4.78 is 25.4. The van der Waals surface area contributed by atoms with Gasteiger partial charge in [-0.1, -0.05) is 19.1 Å². The van der Waals surface area contributed by atoms with E-state index >= 15 is 0 Å². The number of benzene rings is 1. The molecule has 2 unspecified atom stereocenters. The third-order valence-corrected chi connectivity index (χ3v) is 6.79. The molecular weight excluding hydrogens is 366 g/mol. The van der Waals surface area contributed by atoms with Gasteiger partial charge in [-0.2, -0.15) is 0 Å². The van der Waals surface area contributed by atoms with Gasteiger partial charge in [-0.05, 0) is 63.7 Å². The number of nitrogens with zero attached hydrogens (tertiary/aromatic N) is 2. The third kappa shape index (κ3) is 5.99. The molecule has 1 fully saturated rings. The molecule has 8 heteroatoms. The first-order valence-corrected chi connectivity index (χ1v) is 11.6. The highest BCUT2D eigenvalue weighted by molar-refractivity contribution is 7.91. The molecule has 0 bridgehead atoms. The predicted molar refractivity (Wildman–Crippen MR) is 107 cm³/mol. The Morgan fingerprint density at radius 3 is 2.56 bits per heavy atom. The molecule has 0 radical (unpaired) electrons. The second-order valence-electron chi connectivity index (χ2n) is 7.53. The molecule has 0 spiro atoms. The molecular formula is C19H31N3O4S. The van der Waals surface area contributed by atoms with Crippen LogP contribution in [0.4, 0.5) is 5.69 Å². The van der Waals surface area contributed by atoms with Crippen LogP contribution in [0.3, 0.4) is 0 Å². The van der Waals surface area contributed by atoms with E-state index in [1.54, 1.807) is 12.1 Å². The van der Waals surface area contributed by atoms with Gasteiger partial charge in [0, 0.05) is 24.4 Å². The van der Waals surface area contributed by atoms with Crippen molar-refractivity contribution in [1.82, 2.24) is 10.2 Å². The molecule has 0 aromatic heterocycles. The Labute approximate surface area is 162 Å². The van der Waals surface area contributed by atoms with Crippen molar-refractivity contribution in [2.24, 2.45) is 5.92 Å². The van der Waals surface area contributed by atoms with Crippen molar-refractivity contribution in [1.29, 1.82) is 0 Å². The van der Waals surface area contributed by atoms with Crippen LogP contribution in [-0.2, 0) is 16.3 Å². The van der Waals surface area contributed by atoms with E-state index in [2.05, 4.69) is 17.1 Å². The lowest BCUT2D eigenvalue weighted by atomic mass is 9.95. The number of piperidine rings is 1. The number of rotatable bonds is 9. The van der Waals surface area contributed by atoms with Crippen LogP contribution in [0.5, 0.6) is 0 Å². The van der Waals surface area contributed by atoms with Gasteiger partial charge in [0.25, 0.3) is 5.69 Å². The van der Waals surface area contributed by atoms with Gasteiger partial charge in [0.05, 0.1) is 4.92 Å². The van der Waals surface area contributed by atoms with Crippen LogP contribution < -0.4 is 5.32 Å². The lowest BCUT2D eigenvalue weighted by Gasteiger charge is -2.41. The molecule has 1 heterocycles. The molecule has 1 aromatic rings. The molecule has 0 amide bonds. The number of nitrogens with one attached hydrogen (secondary N) is 1. The summed E-state index contributed by atoms with van der Waals surface area (Å²) in [5, 5.41) is 13.8. The average molecular weight is 398 g/mol. The summed E-state index contributed by atoms with van der Waals surface area (Å²) in [4.78, 5) is 12.7. The highest BCUT2D eigenvalue weighted by Crippen LogP contribution is 2.28. The van der Waals surface area contributed by atoms with E-state index in [9.17, 15) is 18.5 Å². The maximum Gasteiger partial charge on any atom is 0.269 e. The average Bonchev–Trinajstić information content (AvgIpc) is 2.61. The number of hydrogen-bond acceptors (Lipinski definition) is 6. The summed E-state index contributed by atoms with van der Waals surface area (Å²) in [6, 6.07) is 6.59. The van der Waals surface area contributed by atoms with Gasteiger partial charge in [0.2, 0.25) is 0 Å². The lowest BCUT2D eigenvalue weighted by molar-refractivity contribution is -0.384. The van der Waals surface area contributed by atoms with Gasteiger partial charge in [0.15, 0.2) is 9.84 Å². The van der Waals surface area contributed by atoms with Crippen molar-refractivity contribution in [2.45, 2.75) is 50.9 Å². The summed E-state index contributed by atoms with van der Waals surface area (Å²) >= 11 is 0. The zero-order valence-electron chi connectivity index (χ0n) is 16.4. The Balaban J connectivity index is 2.26. The predicted octanol–water partition coefficient (Wildman–Crippen LogP) is 2.61. The molecule has 1 aromatic carbocycles. The number of hydrogen-bond donors (Lipinski definition) is 1. The van der Waals surface area contributed by atoms with Gasteiger partial charge >= 0.3 is 0 Å². The first-order valence-electron chi connectivity index (χ1n) is 9.62. The van der Waals surface area contributed by atoms with Gasteiger partial charge in [0.1, 0.15) is 5.37 Å². The van der Waals surface area contributed by atoms with E-state index in [1.165, 1.54) is 12.3 Å². The maximum absolute atomic E-state index is 12.7. The summed E-state index contributed by atoms with van der Waals surface area (Å²) in [6.45, 7) is 6.45. The molecule has 1 aliphatic heterocycles. The topological polar surface area (TPSA) is 92.5 Å². The van der Waals surface area contributed by atoms with Gasteiger partial charge in [-0.25, -0.2) is 8.42 Å². The number of sulfone groups is 1. The Bertz CT molecular complexity index is 732. The van der Waals surface area contributed by atoms with Gasteiger partial charge < -0.3 is 5.32 Å². The van der Waals surface area contributed by atoms with E-state index in [0.29, 0.717) is 13.0 Å². The molecule has 1 aliphatic rings. The molecule has 2 atom stereocenters. The van der Waals surface area contributed by atoms with Crippen LogP contribution >= 0.6 is 0 Å².